The second kappa shape index (κ2) is 9.03. The molecular weight excluding hydrogens is 504 g/mol. The van der Waals surface area contributed by atoms with Crippen molar-refractivity contribution in [3.63, 3.8) is 0 Å². The van der Waals surface area contributed by atoms with E-state index in [9.17, 15) is 0 Å². The first kappa shape index (κ1) is 23.3. The molecule has 0 radical (unpaired) electrons. The number of fused-ring (bicyclic) bond motifs is 8. The maximum absolute atomic E-state index is 2.39. The minimum absolute atomic E-state index is 1.25. The molecule has 0 aliphatic heterocycles. The molecule has 0 saturated carbocycles. The van der Waals surface area contributed by atoms with E-state index in [1.165, 1.54) is 86.9 Å². The Morgan fingerprint density at radius 2 is 0.762 bits per heavy atom. The average Bonchev–Trinajstić information content (AvgIpc) is 3.06. The van der Waals surface area contributed by atoms with E-state index in [0.29, 0.717) is 0 Å². The van der Waals surface area contributed by atoms with Crippen LogP contribution in [0.4, 0.5) is 0 Å². The fourth-order valence-corrected chi connectivity index (χ4v) is 7.15. The van der Waals surface area contributed by atoms with Crippen LogP contribution in [-0.2, 0) is 0 Å². The van der Waals surface area contributed by atoms with Crippen LogP contribution in [0.1, 0.15) is 0 Å². The van der Waals surface area contributed by atoms with Crippen molar-refractivity contribution in [3.8, 4) is 22.3 Å². The molecule has 0 unspecified atom stereocenters. The lowest BCUT2D eigenvalue weighted by atomic mass is 9.82. The summed E-state index contributed by atoms with van der Waals surface area (Å²) in [6.45, 7) is 0. The van der Waals surface area contributed by atoms with Gasteiger partial charge in [0.15, 0.2) is 0 Å². The van der Waals surface area contributed by atoms with Gasteiger partial charge >= 0.3 is 0 Å². The molecule has 0 aliphatic carbocycles. The van der Waals surface area contributed by atoms with E-state index in [1.807, 2.05) is 0 Å². The van der Waals surface area contributed by atoms with Crippen LogP contribution in [0.3, 0.4) is 0 Å². The van der Waals surface area contributed by atoms with Crippen LogP contribution < -0.4 is 0 Å². The molecule has 9 aromatic carbocycles. The van der Waals surface area contributed by atoms with Crippen LogP contribution in [0, 0.1) is 0 Å². The van der Waals surface area contributed by atoms with Gasteiger partial charge in [-0.05, 0) is 93.0 Å². The second-order valence-corrected chi connectivity index (χ2v) is 11.3. The highest BCUT2D eigenvalue weighted by atomic mass is 14.2. The maximum atomic E-state index is 2.39. The van der Waals surface area contributed by atoms with Gasteiger partial charge in [0.1, 0.15) is 0 Å². The molecule has 0 aliphatic rings. The molecule has 9 aromatic rings. The maximum Gasteiger partial charge on any atom is -0.00141 e. The zero-order chi connectivity index (χ0) is 27.6. The first-order valence-corrected chi connectivity index (χ1v) is 14.6. The van der Waals surface area contributed by atoms with Crippen LogP contribution >= 0.6 is 0 Å². The summed E-state index contributed by atoms with van der Waals surface area (Å²) in [7, 11) is 0. The van der Waals surface area contributed by atoms with E-state index in [1.54, 1.807) is 0 Å². The fourth-order valence-electron chi connectivity index (χ4n) is 7.15. The van der Waals surface area contributed by atoms with Crippen LogP contribution in [0.25, 0.3) is 86.9 Å². The zero-order valence-electron chi connectivity index (χ0n) is 23.0. The summed E-state index contributed by atoms with van der Waals surface area (Å²) < 4.78 is 0. The third kappa shape index (κ3) is 3.36. The molecule has 0 N–H and O–H groups in total. The molecule has 0 nitrogen and oxygen atoms in total. The summed E-state index contributed by atoms with van der Waals surface area (Å²) in [6, 6.07) is 58.1. The Labute approximate surface area is 244 Å². The Morgan fingerprint density at radius 1 is 0.262 bits per heavy atom. The van der Waals surface area contributed by atoms with Gasteiger partial charge in [0.05, 0.1) is 0 Å². The first-order valence-electron chi connectivity index (χ1n) is 14.6. The van der Waals surface area contributed by atoms with Gasteiger partial charge in [-0.15, -0.1) is 0 Å². The van der Waals surface area contributed by atoms with Crippen LogP contribution in [0.5, 0.6) is 0 Å². The average molecular weight is 531 g/mol. The van der Waals surface area contributed by atoms with Gasteiger partial charge < -0.3 is 0 Å². The van der Waals surface area contributed by atoms with Crippen LogP contribution in [0.2, 0.25) is 0 Å². The van der Waals surface area contributed by atoms with Crippen LogP contribution in [0.15, 0.2) is 158 Å². The Bertz CT molecular complexity index is 2510. The Kier molecular flexibility index (Phi) is 5.00. The molecule has 194 valence electrons. The number of hydrogen-bond donors (Lipinski definition) is 0. The Balaban J connectivity index is 1.48. The minimum Gasteiger partial charge on any atom is -0.0616 e. The molecule has 0 aromatic heterocycles. The van der Waals surface area contributed by atoms with E-state index >= 15 is 0 Å². The van der Waals surface area contributed by atoms with E-state index in [2.05, 4.69) is 158 Å². The molecule has 42 heavy (non-hydrogen) atoms. The number of benzene rings is 9. The van der Waals surface area contributed by atoms with Gasteiger partial charge in [-0.2, -0.15) is 0 Å². The topological polar surface area (TPSA) is 0 Å². The summed E-state index contributed by atoms with van der Waals surface area (Å²) in [5, 5.41) is 15.4. The van der Waals surface area contributed by atoms with Gasteiger partial charge in [-0.3, -0.25) is 0 Å². The van der Waals surface area contributed by atoms with Gasteiger partial charge in [-0.1, -0.05) is 152 Å². The molecule has 0 heterocycles. The van der Waals surface area contributed by atoms with Crippen molar-refractivity contribution in [2.24, 2.45) is 0 Å². The highest BCUT2D eigenvalue weighted by Gasteiger charge is 2.20. The minimum atomic E-state index is 1.25. The summed E-state index contributed by atoms with van der Waals surface area (Å²) in [5.41, 5.74) is 5.14. The second-order valence-electron chi connectivity index (χ2n) is 11.3. The molecule has 0 heteroatoms. The molecule has 0 spiro atoms. The van der Waals surface area contributed by atoms with Crippen molar-refractivity contribution >= 4 is 64.6 Å². The van der Waals surface area contributed by atoms with E-state index in [0.717, 1.165) is 0 Å². The van der Waals surface area contributed by atoms with Crippen molar-refractivity contribution in [3.05, 3.63) is 158 Å². The van der Waals surface area contributed by atoms with Gasteiger partial charge in [-0.25, -0.2) is 0 Å². The van der Waals surface area contributed by atoms with Crippen molar-refractivity contribution in [1.29, 1.82) is 0 Å². The van der Waals surface area contributed by atoms with Crippen molar-refractivity contribution in [2.45, 2.75) is 0 Å². The summed E-state index contributed by atoms with van der Waals surface area (Å²) in [5.74, 6) is 0. The van der Waals surface area contributed by atoms with Crippen molar-refractivity contribution < 1.29 is 0 Å². The smallest absolute Gasteiger partial charge is 0.00141 e. The monoisotopic (exact) mass is 530 g/mol. The SMILES string of the molecule is c1ccc2c(-c3c4ccccc4c(-c4ccc5c(ccc6ccccc65)c4)c4c3ccc3ccccc34)cccc2c1. The van der Waals surface area contributed by atoms with E-state index < -0.39 is 0 Å². The van der Waals surface area contributed by atoms with Gasteiger partial charge in [0.25, 0.3) is 0 Å². The quantitative estimate of drug-likeness (QED) is 0.154. The lowest BCUT2D eigenvalue weighted by Crippen LogP contribution is -1.93. The first-order chi connectivity index (χ1) is 20.8. The number of rotatable bonds is 2. The third-order valence-electron chi connectivity index (χ3n) is 9.01. The Morgan fingerprint density at radius 3 is 1.55 bits per heavy atom. The normalized spacial score (nSPS) is 11.8. The van der Waals surface area contributed by atoms with Crippen molar-refractivity contribution in [2.75, 3.05) is 0 Å². The molecule has 0 atom stereocenters. The predicted molar refractivity (Wildman–Crippen MR) is 182 cm³/mol. The van der Waals surface area contributed by atoms with Gasteiger partial charge in [0.2, 0.25) is 0 Å². The summed E-state index contributed by atoms with van der Waals surface area (Å²) >= 11 is 0. The largest absolute Gasteiger partial charge is 0.0616 e. The highest BCUT2D eigenvalue weighted by Crippen LogP contribution is 2.47. The standard InChI is InChI=1S/C42H26/c1-5-15-33-27(10-1)13-9-19-36(33)41-38-18-8-7-17-37(38)40(42-35-16-6-3-12-29(35)22-25-39(41)42)31-23-24-34-30(26-31)21-20-28-11-2-4-14-32(28)34/h1-26H. The third-order valence-corrected chi connectivity index (χ3v) is 9.01. The zero-order valence-corrected chi connectivity index (χ0v) is 23.0. The summed E-state index contributed by atoms with van der Waals surface area (Å²) in [6.07, 6.45) is 0. The molecule has 0 amide bonds. The number of hydrogen-bond acceptors (Lipinski definition) is 0. The molecule has 0 bridgehead atoms. The lowest BCUT2D eigenvalue weighted by Gasteiger charge is -2.20. The predicted octanol–water partition coefficient (Wildman–Crippen LogP) is 11.9. The Hall–Kier alpha value is -5.46. The van der Waals surface area contributed by atoms with Gasteiger partial charge in [0, 0.05) is 0 Å². The van der Waals surface area contributed by atoms with Crippen molar-refractivity contribution in [1.82, 2.24) is 0 Å². The highest BCUT2D eigenvalue weighted by molar-refractivity contribution is 6.29. The fraction of sp³-hybridized carbons (Fsp3) is 0. The van der Waals surface area contributed by atoms with Crippen LogP contribution in [-0.4, -0.2) is 0 Å². The summed E-state index contributed by atoms with van der Waals surface area (Å²) in [4.78, 5) is 0. The molecule has 0 fully saturated rings. The van der Waals surface area contributed by atoms with E-state index in [4.69, 9.17) is 0 Å². The molecule has 9 rings (SSSR count). The van der Waals surface area contributed by atoms with E-state index in [-0.39, 0.29) is 0 Å². The molecular formula is C42H26. The molecule has 0 saturated heterocycles. The lowest BCUT2D eigenvalue weighted by molar-refractivity contribution is 1.69.